The van der Waals surface area contributed by atoms with Crippen LogP contribution in [0.3, 0.4) is 0 Å². The van der Waals surface area contributed by atoms with Gasteiger partial charge in [-0.15, -0.1) is 11.3 Å². The second-order valence-corrected chi connectivity index (χ2v) is 8.67. The minimum Gasteiger partial charge on any atom is -0.463 e. The highest BCUT2D eigenvalue weighted by atomic mass is 32.1. The summed E-state index contributed by atoms with van der Waals surface area (Å²) in [6.07, 6.45) is 1.94. The summed E-state index contributed by atoms with van der Waals surface area (Å²) < 4.78 is 5.52. The van der Waals surface area contributed by atoms with E-state index in [1.54, 1.807) is 34.6 Å². The predicted molar refractivity (Wildman–Crippen MR) is 117 cm³/mol. The third kappa shape index (κ3) is 3.68. The van der Waals surface area contributed by atoms with Crippen molar-refractivity contribution in [1.82, 2.24) is 14.8 Å². The fraction of sp³-hybridized carbons (Fsp3) is 0.261. The van der Waals surface area contributed by atoms with E-state index in [2.05, 4.69) is 5.10 Å². The van der Waals surface area contributed by atoms with Gasteiger partial charge in [-0.3, -0.25) is 14.5 Å². The molecule has 1 aromatic carbocycles. The van der Waals surface area contributed by atoms with Gasteiger partial charge in [-0.1, -0.05) is 36.4 Å². The number of carbonyl (C=O) groups is 2. The van der Waals surface area contributed by atoms with Crippen LogP contribution in [0.2, 0.25) is 0 Å². The number of amides is 2. The number of likely N-dealkylation sites (N-methyl/N-ethyl adjacent to an activating group) is 1. The Bertz CT molecular complexity index is 1100. The van der Waals surface area contributed by atoms with Crippen molar-refractivity contribution >= 4 is 28.9 Å². The number of rotatable bonds is 5. The number of carbonyl (C=O) groups excluding carboxylic acids is 2. The highest BCUT2D eigenvalue weighted by molar-refractivity contribution is 7.10. The molecule has 0 radical (unpaired) electrons. The van der Waals surface area contributed by atoms with Crippen LogP contribution in [0.5, 0.6) is 0 Å². The van der Waals surface area contributed by atoms with Crippen molar-refractivity contribution in [2.75, 3.05) is 20.1 Å². The van der Waals surface area contributed by atoms with Gasteiger partial charge in [0.2, 0.25) is 5.91 Å². The summed E-state index contributed by atoms with van der Waals surface area (Å²) in [6.45, 7) is 0.306. The van der Waals surface area contributed by atoms with Crippen LogP contribution in [0.1, 0.15) is 34.8 Å². The third-order valence-corrected chi connectivity index (χ3v) is 6.70. The van der Waals surface area contributed by atoms with Crippen molar-refractivity contribution in [2.24, 2.45) is 5.10 Å². The van der Waals surface area contributed by atoms with Gasteiger partial charge in [-0.25, -0.2) is 5.01 Å². The molecule has 31 heavy (non-hydrogen) atoms. The minimum absolute atomic E-state index is 0.00217. The monoisotopic (exact) mass is 434 g/mol. The molecule has 0 saturated carbocycles. The maximum Gasteiger partial charge on any atom is 0.257 e. The van der Waals surface area contributed by atoms with E-state index in [1.165, 1.54) is 0 Å². The summed E-state index contributed by atoms with van der Waals surface area (Å²) in [4.78, 5) is 30.6. The first kappa shape index (κ1) is 19.7. The summed E-state index contributed by atoms with van der Waals surface area (Å²) in [5.41, 5.74) is 1.74. The second-order valence-electron chi connectivity index (χ2n) is 7.69. The summed E-state index contributed by atoms with van der Waals surface area (Å²) in [5.74, 6) is 0.539. The molecule has 2 aliphatic heterocycles. The van der Waals surface area contributed by atoms with E-state index in [0.717, 1.165) is 16.2 Å². The molecule has 4 heterocycles. The average Bonchev–Trinajstić information content (AvgIpc) is 3.57. The molecular weight excluding hydrogens is 412 g/mol. The zero-order valence-corrected chi connectivity index (χ0v) is 17.9. The van der Waals surface area contributed by atoms with E-state index < -0.39 is 0 Å². The Hall–Kier alpha value is -3.23. The van der Waals surface area contributed by atoms with Crippen LogP contribution in [-0.2, 0) is 9.59 Å². The van der Waals surface area contributed by atoms with Gasteiger partial charge in [0.15, 0.2) is 0 Å². The molecule has 3 aromatic rings. The fourth-order valence-corrected chi connectivity index (χ4v) is 5.05. The Morgan fingerprint density at radius 3 is 2.71 bits per heavy atom. The first-order valence-electron chi connectivity index (χ1n) is 10.1. The molecule has 2 atom stereocenters. The lowest BCUT2D eigenvalue weighted by Gasteiger charge is -2.29. The van der Waals surface area contributed by atoms with Gasteiger partial charge in [0.25, 0.3) is 5.91 Å². The molecule has 0 spiro atoms. The Morgan fingerprint density at radius 2 is 2.00 bits per heavy atom. The first-order valence-corrected chi connectivity index (χ1v) is 11.0. The molecule has 8 heteroatoms. The summed E-state index contributed by atoms with van der Waals surface area (Å²) in [7, 11) is 1.78. The molecule has 0 aliphatic carbocycles. The van der Waals surface area contributed by atoms with Crippen LogP contribution < -0.4 is 0 Å². The van der Waals surface area contributed by atoms with Crippen LogP contribution in [0, 0.1) is 0 Å². The van der Waals surface area contributed by atoms with Gasteiger partial charge in [-0.2, -0.15) is 5.10 Å². The smallest absolute Gasteiger partial charge is 0.257 e. The van der Waals surface area contributed by atoms with Crippen molar-refractivity contribution in [3.8, 4) is 0 Å². The molecule has 2 aromatic heterocycles. The standard InChI is InChI=1S/C23H22N4O3S/c1-25-21(28)14-26(23(25)16-7-3-2-4-8-16)15-22(29)27-18(20-10-6-12-31-20)13-17(24-27)19-9-5-11-30-19/h2-12,18,23H,13-15H2,1H3/t18-,23-/m0/s1. The van der Waals surface area contributed by atoms with Crippen LogP contribution in [-0.4, -0.2) is 52.5 Å². The predicted octanol–water partition coefficient (Wildman–Crippen LogP) is 3.49. The molecule has 5 rings (SSSR count). The maximum absolute atomic E-state index is 13.4. The molecule has 2 aliphatic rings. The van der Waals surface area contributed by atoms with Gasteiger partial charge in [0, 0.05) is 18.3 Å². The van der Waals surface area contributed by atoms with E-state index in [9.17, 15) is 9.59 Å². The number of thiophene rings is 1. The van der Waals surface area contributed by atoms with Crippen LogP contribution in [0.25, 0.3) is 0 Å². The Kier molecular flexibility index (Phi) is 5.17. The summed E-state index contributed by atoms with van der Waals surface area (Å²) in [6, 6.07) is 17.3. The number of nitrogens with zero attached hydrogens (tertiary/aromatic N) is 4. The van der Waals surface area contributed by atoms with Crippen molar-refractivity contribution in [3.63, 3.8) is 0 Å². The molecule has 7 nitrogen and oxygen atoms in total. The van der Waals surface area contributed by atoms with Gasteiger partial charge in [-0.05, 0) is 29.1 Å². The maximum atomic E-state index is 13.4. The van der Waals surface area contributed by atoms with E-state index in [4.69, 9.17) is 4.42 Å². The quantitative estimate of drug-likeness (QED) is 0.616. The highest BCUT2D eigenvalue weighted by Crippen LogP contribution is 2.36. The van der Waals surface area contributed by atoms with Crippen molar-refractivity contribution in [1.29, 1.82) is 0 Å². The van der Waals surface area contributed by atoms with Crippen LogP contribution in [0.15, 0.2) is 75.8 Å². The number of hydrogen-bond donors (Lipinski definition) is 0. The van der Waals surface area contributed by atoms with E-state index in [-0.39, 0.29) is 37.1 Å². The number of hydrazone groups is 1. The zero-order valence-electron chi connectivity index (χ0n) is 17.0. The Labute approximate surface area is 184 Å². The third-order valence-electron chi connectivity index (χ3n) is 5.72. The van der Waals surface area contributed by atoms with Gasteiger partial charge < -0.3 is 9.32 Å². The van der Waals surface area contributed by atoms with Gasteiger partial charge in [0.1, 0.15) is 17.6 Å². The van der Waals surface area contributed by atoms with Gasteiger partial charge >= 0.3 is 0 Å². The highest BCUT2D eigenvalue weighted by Gasteiger charge is 2.40. The number of furan rings is 1. The fourth-order valence-electron chi connectivity index (χ4n) is 4.24. The molecule has 1 fully saturated rings. The van der Waals surface area contributed by atoms with E-state index >= 15 is 0 Å². The van der Waals surface area contributed by atoms with Crippen molar-refractivity contribution in [2.45, 2.75) is 18.6 Å². The van der Waals surface area contributed by atoms with Crippen molar-refractivity contribution in [3.05, 3.63) is 82.4 Å². The lowest BCUT2D eigenvalue weighted by molar-refractivity contribution is -0.134. The molecule has 0 N–H and O–H groups in total. The molecule has 0 bridgehead atoms. The molecule has 158 valence electrons. The normalized spacial score (nSPS) is 21.7. The SMILES string of the molecule is CN1C(=O)CN(CC(=O)N2N=C(c3ccco3)C[C@H]2c2cccs2)[C@H]1c1ccccc1. The first-order chi connectivity index (χ1) is 15.1. The molecular formula is C23H22N4O3S. The largest absolute Gasteiger partial charge is 0.463 e. The molecule has 0 unspecified atom stereocenters. The van der Waals surface area contributed by atoms with Crippen molar-refractivity contribution < 1.29 is 14.0 Å². The topological polar surface area (TPSA) is 69.4 Å². The van der Waals surface area contributed by atoms with Crippen LogP contribution >= 0.6 is 11.3 Å². The van der Waals surface area contributed by atoms with Crippen LogP contribution in [0.4, 0.5) is 0 Å². The zero-order chi connectivity index (χ0) is 21.4. The Morgan fingerprint density at radius 1 is 1.16 bits per heavy atom. The lowest BCUT2D eigenvalue weighted by atomic mass is 10.1. The summed E-state index contributed by atoms with van der Waals surface area (Å²) in [5, 5.41) is 8.20. The molecule has 1 saturated heterocycles. The molecule has 2 amide bonds. The average molecular weight is 435 g/mol. The number of benzene rings is 1. The van der Waals surface area contributed by atoms with Gasteiger partial charge in [0.05, 0.1) is 25.4 Å². The Balaban J connectivity index is 1.41. The summed E-state index contributed by atoms with van der Waals surface area (Å²) >= 11 is 1.61. The van der Waals surface area contributed by atoms with E-state index in [0.29, 0.717) is 12.2 Å². The number of hydrogen-bond acceptors (Lipinski definition) is 6. The lowest BCUT2D eigenvalue weighted by Crippen LogP contribution is -2.39. The minimum atomic E-state index is -0.269. The van der Waals surface area contributed by atoms with E-state index in [1.807, 2.05) is 64.9 Å². The second kappa shape index (κ2) is 8.13.